The molecule has 112 valence electrons. The number of carbonyl (C=O) groups excluding carboxylic acids is 3. The second-order valence-corrected chi connectivity index (χ2v) is 4.83. The molecule has 0 saturated carbocycles. The van der Waals surface area contributed by atoms with Gasteiger partial charge in [0.05, 0.1) is 32.4 Å². The first-order chi connectivity index (χ1) is 9.97. The Morgan fingerprint density at radius 3 is 2.62 bits per heavy atom. The van der Waals surface area contributed by atoms with E-state index in [-0.39, 0.29) is 24.5 Å². The number of carbonyl (C=O) groups is 3. The number of rotatable bonds is 3. The van der Waals surface area contributed by atoms with Crippen molar-refractivity contribution in [2.75, 3.05) is 19.1 Å². The van der Waals surface area contributed by atoms with Crippen LogP contribution < -0.4 is 9.64 Å². The van der Waals surface area contributed by atoms with E-state index < -0.39 is 12.0 Å². The number of fused-ring (bicyclic) bond motifs is 1. The Labute approximate surface area is 122 Å². The van der Waals surface area contributed by atoms with Crippen LogP contribution in [-0.2, 0) is 14.3 Å². The van der Waals surface area contributed by atoms with Gasteiger partial charge in [0.2, 0.25) is 5.91 Å². The van der Waals surface area contributed by atoms with E-state index in [2.05, 4.69) is 4.74 Å². The first-order valence-corrected chi connectivity index (χ1v) is 6.55. The number of esters is 1. The fraction of sp³-hybridized carbons (Fsp3) is 0.400. The standard InChI is InChI=1S/C15H17NO5/c1-9(17)16-10(7-15(19)21-3)6-14(18)12-8-11(20-2)4-5-13(12)16/h4-5,8,10H,6-7H2,1-3H3. The number of benzene rings is 1. The molecule has 1 aromatic rings. The van der Waals surface area contributed by atoms with Gasteiger partial charge in [-0.2, -0.15) is 0 Å². The van der Waals surface area contributed by atoms with E-state index in [1.54, 1.807) is 18.2 Å². The van der Waals surface area contributed by atoms with E-state index in [0.29, 0.717) is 17.0 Å². The molecule has 0 N–H and O–H groups in total. The minimum absolute atomic E-state index is 0.00666. The number of hydrogen-bond donors (Lipinski definition) is 0. The lowest BCUT2D eigenvalue weighted by atomic mass is 9.92. The van der Waals surface area contributed by atoms with Crippen LogP contribution in [0.5, 0.6) is 5.75 Å². The first kappa shape index (κ1) is 15.0. The maximum absolute atomic E-state index is 12.3. The fourth-order valence-electron chi connectivity index (χ4n) is 2.55. The lowest BCUT2D eigenvalue weighted by Crippen LogP contribution is -2.45. The SMILES string of the molecule is COC(=O)CC1CC(=O)c2cc(OC)ccc2N1C(C)=O. The minimum atomic E-state index is -0.511. The Morgan fingerprint density at radius 2 is 2.05 bits per heavy atom. The third kappa shape index (κ3) is 2.89. The van der Waals surface area contributed by atoms with E-state index in [0.717, 1.165) is 0 Å². The number of hydrogen-bond acceptors (Lipinski definition) is 5. The van der Waals surface area contributed by atoms with Gasteiger partial charge in [-0.15, -0.1) is 0 Å². The number of methoxy groups -OCH3 is 2. The van der Waals surface area contributed by atoms with Crippen LogP contribution in [0.2, 0.25) is 0 Å². The number of anilines is 1. The second-order valence-electron chi connectivity index (χ2n) is 4.83. The number of ether oxygens (including phenoxy) is 2. The molecule has 0 aliphatic carbocycles. The average Bonchev–Trinajstić information content (AvgIpc) is 2.46. The molecule has 6 heteroatoms. The number of Topliss-reactive ketones (excluding diaryl/α,β-unsaturated/α-hetero) is 1. The summed E-state index contributed by atoms with van der Waals surface area (Å²) in [7, 11) is 2.79. The van der Waals surface area contributed by atoms with Crippen LogP contribution in [-0.4, -0.2) is 37.9 Å². The smallest absolute Gasteiger partial charge is 0.307 e. The molecule has 0 aromatic heterocycles. The van der Waals surface area contributed by atoms with Crippen molar-refractivity contribution in [1.29, 1.82) is 0 Å². The Bertz CT molecular complexity index is 596. The summed E-state index contributed by atoms with van der Waals surface area (Å²) in [5, 5.41) is 0. The largest absolute Gasteiger partial charge is 0.497 e. The Balaban J connectivity index is 2.44. The molecule has 0 spiro atoms. The molecular formula is C15H17NO5. The summed E-state index contributed by atoms with van der Waals surface area (Å²) in [6.07, 6.45) is 0.0855. The second kappa shape index (κ2) is 5.95. The molecule has 1 atom stereocenters. The van der Waals surface area contributed by atoms with Gasteiger partial charge in [-0.25, -0.2) is 0 Å². The lowest BCUT2D eigenvalue weighted by Gasteiger charge is -2.35. The van der Waals surface area contributed by atoms with Gasteiger partial charge in [0.25, 0.3) is 0 Å². The van der Waals surface area contributed by atoms with E-state index in [4.69, 9.17) is 4.74 Å². The number of nitrogens with zero attached hydrogens (tertiary/aromatic N) is 1. The summed E-state index contributed by atoms with van der Waals surface area (Å²) in [6, 6.07) is 4.45. The van der Waals surface area contributed by atoms with Crippen LogP contribution >= 0.6 is 0 Å². The number of ketones is 1. The van der Waals surface area contributed by atoms with Crippen LogP contribution in [0.15, 0.2) is 18.2 Å². The van der Waals surface area contributed by atoms with Gasteiger partial charge in [-0.3, -0.25) is 14.4 Å². The molecule has 1 unspecified atom stereocenters. The third-order valence-electron chi connectivity index (χ3n) is 3.52. The normalized spacial score (nSPS) is 17.2. The summed E-state index contributed by atoms with van der Waals surface area (Å²) in [5.41, 5.74) is 0.944. The zero-order valence-electron chi connectivity index (χ0n) is 12.2. The van der Waals surface area contributed by atoms with Gasteiger partial charge in [-0.05, 0) is 18.2 Å². The molecule has 1 aliphatic heterocycles. The molecule has 0 radical (unpaired) electrons. The highest BCUT2D eigenvalue weighted by Gasteiger charge is 2.35. The molecule has 0 bridgehead atoms. The van der Waals surface area contributed by atoms with Crippen molar-refractivity contribution in [3.8, 4) is 5.75 Å². The molecular weight excluding hydrogens is 274 g/mol. The maximum Gasteiger partial charge on any atom is 0.307 e. The molecule has 0 fully saturated rings. The van der Waals surface area contributed by atoms with Gasteiger partial charge < -0.3 is 14.4 Å². The van der Waals surface area contributed by atoms with Gasteiger partial charge in [0.1, 0.15) is 5.75 Å². The van der Waals surface area contributed by atoms with Crippen molar-refractivity contribution in [3.05, 3.63) is 23.8 Å². The summed E-state index contributed by atoms with van der Waals surface area (Å²) in [4.78, 5) is 37.1. The van der Waals surface area contributed by atoms with E-state index >= 15 is 0 Å². The van der Waals surface area contributed by atoms with Crippen molar-refractivity contribution >= 4 is 23.3 Å². The molecule has 1 heterocycles. The Morgan fingerprint density at radius 1 is 1.33 bits per heavy atom. The van der Waals surface area contributed by atoms with Crippen molar-refractivity contribution < 1.29 is 23.9 Å². The van der Waals surface area contributed by atoms with Crippen LogP contribution in [0, 0.1) is 0 Å². The van der Waals surface area contributed by atoms with E-state index in [1.165, 1.54) is 26.0 Å². The van der Waals surface area contributed by atoms with Gasteiger partial charge in [-0.1, -0.05) is 0 Å². The van der Waals surface area contributed by atoms with E-state index in [1.807, 2.05) is 0 Å². The predicted octanol–water partition coefficient (Wildman–Crippen LogP) is 1.57. The minimum Gasteiger partial charge on any atom is -0.497 e. The van der Waals surface area contributed by atoms with Gasteiger partial charge >= 0.3 is 5.97 Å². The van der Waals surface area contributed by atoms with E-state index in [9.17, 15) is 14.4 Å². The highest BCUT2D eigenvalue weighted by atomic mass is 16.5. The molecule has 1 amide bonds. The van der Waals surface area contributed by atoms with Crippen LogP contribution in [0.1, 0.15) is 30.1 Å². The van der Waals surface area contributed by atoms with Crippen LogP contribution in [0.25, 0.3) is 0 Å². The van der Waals surface area contributed by atoms with Crippen LogP contribution in [0.3, 0.4) is 0 Å². The van der Waals surface area contributed by atoms with Gasteiger partial charge in [0.15, 0.2) is 5.78 Å². The van der Waals surface area contributed by atoms with Crippen molar-refractivity contribution in [3.63, 3.8) is 0 Å². The van der Waals surface area contributed by atoms with Crippen LogP contribution in [0.4, 0.5) is 5.69 Å². The average molecular weight is 291 g/mol. The molecule has 2 rings (SSSR count). The van der Waals surface area contributed by atoms with Crippen molar-refractivity contribution in [2.24, 2.45) is 0 Å². The first-order valence-electron chi connectivity index (χ1n) is 6.55. The fourth-order valence-corrected chi connectivity index (χ4v) is 2.55. The Hall–Kier alpha value is -2.37. The molecule has 1 aliphatic rings. The highest BCUT2D eigenvalue weighted by Crippen LogP contribution is 2.34. The summed E-state index contributed by atoms with van der Waals surface area (Å²) in [6.45, 7) is 1.41. The highest BCUT2D eigenvalue weighted by molar-refractivity contribution is 6.09. The van der Waals surface area contributed by atoms with Crippen molar-refractivity contribution in [2.45, 2.75) is 25.8 Å². The number of amides is 1. The quantitative estimate of drug-likeness (QED) is 0.790. The van der Waals surface area contributed by atoms with Gasteiger partial charge in [0, 0.05) is 18.9 Å². The summed E-state index contributed by atoms with van der Waals surface area (Å²) < 4.78 is 9.74. The summed E-state index contributed by atoms with van der Waals surface area (Å²) in [5.74, 6) is -0.230. The topological polar surface area (TPSA) is 72.9 Å². The predicted molar refractivity (Wildman–Crippen MR) is 75.5 cm³/mol. The maximum atomic E-state index is 12.3. The molecule has 6 nitrogen and oxygen atoms in total. The lowest BCUT2D eigenvalue weighted by molar-refractivity contribution is -0.141. The zero-order chi connectivity index (χ0) is 15.6. The molecule has 0 saturated heterocycles. The summed E-state index contributed by atoms with van der Waals surface area (Å²) >= 11 is 0. The zero-order valence-corrected chi connectivity index (χ0v) is 12.2. The molecule has 21 heavy (non-hydrogen) atoms. The third-order valence-corrected chi connectivity index (χ3v) is 3.52. The monoisotopic (exact) mass is 291 g/mol. The molecule has 1 aromatic carbocycles. The van der Waals surface area contributed by atoms with Crippen molar-refractivity contribution in [1.82, 2.24) is 0 Å². The Kier molecular flexibility index (Phi) is 4.26.